The summed E-state index contributed by atoms with van der Waals surface area (Å²) in [5.41, 5.74) is 8.63. The topological polar surface area (TPSA) is 107 Å². The largest absolute Gasteiger partial charge is 0.458 e. The molecule has 3 aromatic rings. The lowest BCUT2D eigenvalue weighted by Crippen LogP contribution is -2.44. The Morgan fingerprint density at radius 1 is 1.30 bits per heavy atom. The van der Waals surface area contributed by atoms with E-state index in [1.807, 2.05) is 18.4 Å². The first-order valence-corrected chi connectivity index (χ1v) is 11.0. The van der Waals surface area contributed by atoms with Gasteiger partial charge in [-0.2, -0.15) is 0 Å². The molecule has 2 aliphatic heterocycles. The molecule has 7 nitrogen and oxygen atoms in total. The third-order valence-corrected chi connectivity index (χ3v) is 6.94. The molecule has 1 atom stereocenters. The maximum absolute atomic E-state index is 13.3. The van der Waals surface area contributed by atoms with E-state index in [0.717, 1.165) is 26.9 Å². The summed E-state index contributed by atoms with van der Waals surface area (Å²) in [6, 6.07) is 7.77. The molecule has 5 rings (SSSR count). The van der Waals surface area contributed by atoms with Crippen LogP contribution in [0, 0.1) is 0 Å². The Morgan fingerprint density at radius 3 is 2.80 bits per heavy atom. The fourth-order valence-corrected chi connectivity index (χ4v) is 4.94. The molecule has 0 unspecified atom stereocenters. The first kappa shape index (κ1) is 19.3. The normalized spacial score (nSPS) is 19.4. The zero-order valence-corrected chi connectivity index (χ0v) is 17.5. The van der Waals surface area contributed by atoms with Gasteiger partial charge in [-0.15, -0.1) is 11.8 Å². The van der Waals surface area contributed by atoms with Gasteiger partial charge in [0, 0.05) is 28.0 Å². The second-order valence-corrected chi connectivity index (χ2v) is 8.49. The van der Waals surface area contributed by atoms with Crippen LogP contribution >= 0.6 is 11.8 Å². The minimum Gasteiger partial charge on any atom is -0.458 e. The van der Waals surface area contributed by atoms with Gasteiger partial charge in [0.2, 0.25) is 0 Å². The van der Waals surface area contributed by atoms with Gasteiger partial charge >= 0.3 is 5.97 Å². The minimum absolute atomic E-state index is 0.116. The second-order valence-electron chi connectivity index (χ2n) is 7.61. The zero-order chi connectivity index (χ0) is 21.2. The third-order valence-electron chi connectivity index (χ3n) is 6.22. The van der Waals surface area contributed by atoms with Crippen LogP contribution in [-0.4, -0.2) is 26.9 Å². The molecule has 2 aromatic heterocycles. The van der Waals surface area contributed by atoms with Gasteiger partial charge in [-0.3, -0.25) is 4.79 Å². The van der Waals surface area contributed by atoms with E-state index in [2.05, 4.69) is 6.07 Å². The molecule has 30 heavy (non-hydrogen) atoms. The van der Waals surface area contributed by atoms with Gasteiger partial charge in [-0.05, 0) is 42.5 Å². The van der Waals surface area contributed by atoms with Crippen LogP contribution in [0.25, 0.3) is 22.3 Å². The van der Waals surface area contributed by atoms with Gasteiger partial charge in [0.15, 0.2) is 5.60 Å². The lowest BCUT2D eigenvalue weighted by molar-refractivity contribution is -0.172. The molecule has 8 heteroatoms. The van der Waals surface area contributed by atoms with Crippen molar-refractivity contribution < 1.29 is 14.6 Å². The average molecular weight is 423 g/mol. The van der Waals surface area contributed by atoms with Gasteiger partial charge < -0.3 is 20.1 Å². The Bertz CT molecular complexity index is 1300. The van der Waals surface area contributed by atoms with Gasteiger partial charge in [0.25, 0.3) is 5.56 Å². The number of thioether (sulfide) groups is 1. The molecule has 4 heterocycles. The van der Waals surface area contributed by atoms with E-state index in [1.54, 1.807) is 29.3 Å². The molecule has 0 saturated heterocycles. The summed E-state index contributed by atoms with van der Waals surface area (Å²) in [4.78, 5) is 31.5. The van der Waals surface area contributed by atoms with Crippen LogP contribution in [0.4, 0.5) is 0 Å². The number of aliphatic hydroxyl groups is 1. The zero-order valence-electron chi connectivity index (χ0n) is 16.7. The lowest BCUT2D eigenvalue weighted by Gasteiger charge is -2.31. The highest BCUT2D eigenvalue weighted by molar-refractivity contribution is 7.98. The summed E-state index contributed by atoms with van der Waals surface area (Å²) >= 11 is 1.65. The van der Waals surface area contributed by atoms with Crippen LogP contribution in [-0.2, 0) is 34.8 Å². The van der Waals surface area contributed by atoms with Crippen LogP contribution in [0.5, 0.6) is 0 Å². The van der Waals surface area contributed by atoms with Gasteiger partial charge in [-0.25, -0.2) is 9.78 Å². The van der Waals surface area contributed by atoms with E-state index in [1.165, 1.54) is 0 Å². The number of ether oxygens (including phenoxy) is 1. The number of carbonyl (C=O) groups is 1. The number of rotatable bonds is 3. The Balaban J connectivity index is 1.81. The number of cyclic esters (lactones) is 1. The molecule has 0 radical (unpaired) electrons. The molecule has 0 fully saturated rings. The van der Waals surface area contributed by atoms with E-state index in [9.17, 15) is 14.7 Å². The average Bonchev–Trinajstić information content (AvgIpc) is 3.13. The Hall–Kier alpha value is -2.68. The highest BCUT2D eigenvalue weighted by Crippen LogP contribution is 2.40. The van der Waals surface area contributed by atoms with E-state index in [-0.39, 0.29) is 18.6 Å². The highest BCUT2D eigenvalue weighted by atomic mass is 32.2. The summed E-state index contributed by atoms with van der Waals surface area (Å²) in [6.07, 6.45) is 2.13. The van der Waals surface area contributed by atoms with Crippen LogP contribution in [0.2, 0.25) is 0 Å². The highest BCUT2D eigenvalue weighted by Gasteiger charge is 2.45. The van der Waals surface area contributed by atoms with Crippen molar-refractivity contribution in [3.05, 3.63) is 56.9 Å². The number of fused-ring (bicyclic) bond motifs is 5. The molecule has 1 aromatic carbocycles. The molecule has 0 aliphatic carbocycles. The number of nitrogens with zero attached hydrogens (tertiary/aromatic N) is 2. The number of hydrogen-bond acceptors (Lipinski definition) is 7. The molecule has 0 amide bonds. The van der Waals surface area contributed by atoms with Crippen LogP contribution < -0.4 is 11.3 Å². The first-order valence-electron chi connectivity index (χ1n) is 9.79. The SMILES string of the molecule is CC[C@@]1(O)C(=O)OCc2c1cc1n(c2=O)Cc2c-1nc1ccc(SC)cc1c2CN. The number of pyridine rings is 2. The Kier molecular flexibility index (Phi) is 4.29. The predicted octanol–water partition coefficient (Wildman–Crippen LogP) is 2.26. The number of esters is 1. The molecule has 0 spiro atoms. The monoisotopic (exact) mass is 423 g/mol. The van der Waals surface area contributed by atoms with Crippen molar-refractivity contribution in [1.82, 2.24) is 9.55 Å². The fraction of sp³-hybridized carbons (Fsp3) is 0.318. The van der Waals surface area contributed by atoms with Crippen molar-refractivity contribution in [2.75, 3.05) is 6.26 Å². The lowest BCUT2D eigenvalue weighted by atomic mass is 9.86. The van der Waals surface area contributed by atoms with Crippen molar-refractivity contribution >= 4 is 28.6 Å². The van der Waals surface area contributed by atoms with E-state index in [4.69, 9.17) is 15.5 Å². The first-order chi connectivity index (χ1) is 14.4. The van der Waals surface area contributed by atoms with Gasteiger partial charge in [-0.1, -0.05) is 6.92 Å². The Labute approximate surface area is 176 Å². The van der Waals surface area contributed by atoms with Crippen molar-refractivity contribution in [3.63, 3.8) is 0 Å². The summed E-state index contributed by atoms with van der Waals surface area (Å²) in [6.45, 7) is 2.23. The van der Waals surface area contributed by atoms with Crippen molar-refractivity contribution in [2.24, 2.45) is 5.73 Å². The van der Waals surface area contributed by atoms with Crippen LogP contribution in [0.15, 0.2) is 34.0 Å². The predicted molar refractivity (Wildman–Crippen MR) is 114 cm³/mol. The molecule has 0 saturated carbocycles. The maximum Gasteiger partial charge on any atom is 0.343 e. The molecular formula is C22H21N3O4S. The number of benzene rings is 1. The van der Waals surface area contributed by atoms with E-state index >= 15 is 0 Å². The number of aromatic nitrogens is 2. The molecule has 3 N–H and O–H groups in total. The van der Waals surface area contributed by atoms with Crippen LogP contribution in [0.3, 0.4) is 0 Å². The van der Waals surface area contributed by atoms with E-state index in [0.29, 0.717) is 35.6 Å². The second kappa shape index (κ2) is 6.66. The summed E-state index contributed by atoms with van der Waals surface area (Å²) in [5.74, 6) is -0.723. The molecular weight excluding hydrogens is 402 g/mol. The smallest absolute Gasteiger partial charge is 0.343 e. The van der Waals surface area contributed by atoms with Crippen molar-refractivity contribution in [3.8, 4) is 11.4 Å². The molecule has 154 valence electrons. The maximum atomic E-state index is 13.3. The van der Waals surface area contributed by atoms with Gasteiger partial charge in [0.1, 0.15) is 6.61 Å². The quantitative estimate of drug-likeness (QED) is 0.384. The molecule has 0 bridgehead atoms. The fourth-order valence-electron chi connectivity index (χ4n) is 4.50. The summed E-state index contributed by atoms with van der Waals surface area (Å²) in [5, 5.41) is 12.0. The third kappa shape index (κ3) is 2.44. The van der Waals surface area contributed by atoms with Crippen molar-refractivity contribution in [2.45, 2.75) is 43.5 Å². The number of hydrogen-bond donors (Lipinski definition) is 2. The summed E-state index contributed by atoms with van der Waals surface area (Å²) < 4.78 is 6.76. The van der Waals surface area contributed by atoms with Crippen molar-refractivity contribution in [1.29, 1.82) is 0 Å². The minimum atomic E-state index is -1.83. The summed E-state index contributed by atoms with van der Waals surface area (Å²) in [7, 11) is 0. The van der Waals surface area contributed by atoms with Crippen LogP contribution in [0.1, 0.15) is 35.6 Å². The standard InChI is InChI=1S/C22H21N3O4S/c1-3-22(28)16-7-18-19-14(9-25(18)20(26)15(16)10-29-21(22)27)13(8-23)12-6-11(30-2)4-5-17(12)24-19/h4-7,28H,3,8-10,23H2,1-2H3/t22-/m0/s1. The molecule has 2 aliphatic rings. The number of nitrogens with two attached hydrogens (primary N) is 1. The Morgan fingerprint density at radius 2 is 2.10 bits per heavy atom. The number of carbonyl (C=O) groups excluding carboxylic acids is 1. The van der Waals surface area contributed by atoms with Gasteiger partial charge in [0.05, 0.1) is 29.0 Å². The van der Waals surface area contributed by atoms with E-state index < -0.39 is 11.6 Å².